The molecule has 20 heavy (non-hydrogen) atoms. The smallest absolute Gasteiger partial charge is 0.265 e. The normalized spacial score (nSPS) is 12.5. The van der Waals surface area contributed by atoms with Gasteiger partial charge in [-0.05, 0) is 30.5 Å². The number of para-hydroxylation sites is 1. The molecule has 2 N–H and O–H groups in total. The number of carbonyl (C=O) groups is 1. The molecular formula is C15H13NO2S2. The SMILES string of the molecule is CC(O)c1ccccc1NC(=O)c1cc2sccc2s1. The van der Waals surface area contributed by atoms with E-state index >= 15 is 0 Å². The fourth-order valence-corrected chi connectivity index (χ4v) is 4.04. The molecule has 0 aliphatic carbocycles. The van der Waals surface area contributed by atoms with E-state index in [0.29, 0.717) is 10.6 Å². The summed E-state index contributed by atoms with van der Waals surface area (Å²) in [5.74, 6) is -0.133. The van der Waals surface area contributed by atoms with Crippen LogP contribution in [0.5, 0.6) is 0 Å². The highest BCUT2D eigenvalue weighted by Gasteiger charge is 2.14. The van der Waals surface area contributed by atoms with Crippen molar-refractivity contribution < 1.29 is 9.90 Å². The van der Waals surface area contributed by atoms with Crippen molar-refractivity contribution in [1.82, 2.24) is 0 Å². The molecule has 0 spiro atoms. The number of nitrogens with one attached hydrogen (secondary N) is 1. The number of anilines is 1. The molecule has 1 unspecified atom stereocenters. The van der Waals surface area contributed by atoms with Gasteiger partial charge in [0, 0.05) is 20.7 Å². The van der Waals surface area contributed by atoms with E-state index in [9.17, 15) is 9.90 Å². The molecule has 2 heterocycles. The fraction of sp³-hybridized carbons (Fsp3) is 0.133. The maximum absolute atomic E-state index is 12.3. The van der Waals surface area contributed by atoms with E-state index in [1.807, 2.05) is 35.7 Å². The maximum Gasteiger partial charge on any atom is 0.265 e. The van der Waals surface area contributed by atoms with E-state index in [1.54, 1.807) is 24.3 Å². The zero-order valence-corrected chi connectivity index (χ0v) is 12.4. The van der Waals surface area contributed by atoms with Crippen LogP contribution in [0.2, 0.25) is 0 Å². The molecule has 0 radical (unpaired) electrons. The van der Waals surface area contributed by atoms with Crippen LogP contribution in [0.4, 0.5) is 5.69 Å². The van der Waals surface area contributed by atoms with Crippen LogP contribution >= 0.6 is 22.7 Å². The predicted octanol–water partition coefficient (Wildman–Crippen LogP) is 4.27. The fourth-order valence-electron chi connectivity index (χ4n) is 2.04. The molecule has 1 amide bonds. The molecule has 0 aliphatic heterocycles. The number of aliphatic hydroxyl groups is 1. The van der Waals surface area contributed by atoms with Gasteiger partial charge in [0.05, 0.1) is 11.0 Å². The highest BCUT2D eigenvalue weighted by molar-refractivity contribution is 7.27. The van der Waals surface area contributed by atoms with Crippen molar-refractivity contribution in [2.45, 2.75) is 13.0 Å². The lowest BCUT2D eigenvalue weighted by Crippen LogP contribution is -2.12. The first-order valence-electron chi connectivity index (χ1n) is 6.20. The zero-order valence-electron chi connectivity index (χ0n) is 10.8. The number of hydrogen-bond acceptors (Lipinski definition) is 4. The van der Waals surface area contributed by atoms with E-state index in [-0.39, 0.29) is 5.91 Å². The summed E-state index contributed by atoms with van der Waals surface area (Å²) in [6.07, 6.45) is -0.613. The van der Waals surface area contributed by atoms with E-state index < -0.39 is 6.10 Å². The summed E-state index contributed by atoms with van der Waals surface area (Å²) in [5.41, 5.74) is 1.38. The van der Waals surface area contributed by atoms with Crippen molar-refractivity contribution >= 4 is 43.7 Å². The third kappa shape index (κ3) is 2.47. The van der Waals surface area contributed by atoms with Crippen LogP contribution in [0, 0.1) is 0 Å². The summed E-state index contributed by atoms with van der Waals surface area (Å²) in [5, 5.41) is 14.6. The first kappa shape index (κ1) is 13.3. The minimum Gasteiger partial charge on any atom is -0.389 e. The number of amides is 1. The number of fused-ring (bicyclic) bond motifs is 1. The Hall–Kier alpha value is -1.69. The number of thiophene rings is 2. The molecule has 1 atom stereocenters. The minimum absolute atomic E-state index is 0.133. The Balaban J connectivity index is 1.87. The van der Waals surface area contributed by atoms with Crippen LogP contribution in [0.3, 0.4) is 0 Å². The maximum atomic E-state index is 12.3. The minimum atomic E-state index is -0.613. The Morgan fingerprint density at radius 3 is 2.80 bits per heavy atom. The second kappa shape index (κ2) is 5.36. The summed E-state index contributed by atoms with van der Waals surface area (Å²) in [7, 11) is 0. The number of hydrogen-bond donors (Lipinski definition) is 2. The van der Waals surface area contributed by atoms with Gasteiger partial charge in [-0.2, -0.15) is 0 Å². The number of rotatable bonds is 3. The molecule has 0 saturated heterocycles. The Morgan fingerprint density at radius 2 is 2.05 bits per heavy atom. The van der Waals surface area contributed by atoms with Crippen molar-refractivity contribution in [2.75, 3.05) is 5.32 Å². The summed E-state index contributed by atoms with van der Waals surface area (Å²) < 4.78 is 2.26. The molecule has 2 aromatic heterocycles. The Kier molecular flexibility index (Phi) is 3.56. The van der Waals surface area contributed by atoms with Crippen molar-refractivity contribution in [2.24, 2.45) is 0 Å². The van der Waals surface area contributed by atoms with Crippen LogP contribution < -0.4 is 5.32 Å². The van der Waals surface area contributed by atoms with Gasteiger partial charge < -0.3 is 10.4 Å². The summed E-state index contributed by atoms with van der Waals surface area (Å²) in [6.45, 7) is 1.69. The molecule has 3 nitrogen and oxygen atoms in total. The Bertz CT molecular complexity index is 729. The van der Waals surface area contributed by atoms with Gasteiger partial charge in [-0.3, -0.25) is 4.79 Å². The van der Waals surface area contributed by atoms with Crippen molar-refractivity contribution in [3.8, 4) is 0 Å². The standard InChI is InChI=1S/C15H13NO2S2/c1-9(17)10-4-2-3-5-11(10)16-15(18)14-8-13-12(20-14)6-7-19-13/h2-9,17H,1H3,(H,16,18). The lowest BCUT2D eigenvalue weighted by Gasteiger charge is -2.12. The largest absolute Gasteiger partial charge is 0.389 e. The predicted molar refractivity (Wildman–Crippen MR) is 84.7 cm³/mol. The third-order valence-electron chi connectivity index (χ3n) is 3.02. The van der Waals surface area contributed by atoms with Gasteiger partial charge >= 0.3 is 0 Å². The van der Waals surface area contributed by atoms with E-state index in [4.69, 9.17) is 0 Å². The highest BCUT2D eigenvalue weighted by Crippen LogP contribution is 2.31. The van der Waals surface area contributed by atoms with Crippen LogP contribution in [-0.4, -0.2) is 11.0 Å². The van der Waals surface area contributed by atoms with Crippen molar-refractivity contribution in [1.29, 1.82) is 0 Å². The summed E-state index contributed by atoms with van der Waals surface area (Å²) in [6, 6.07) is 11.2. The molecule has 5 heteroatoms. The van der Waals surface area contributed by atoms with Gasteiger partial charge in [-0.1, -0.05) is 18.2 Å². The summed E-state index contributed by atoms with van der Waals surface area (Å²) >= 11 is 3.11. The molecule has 0 bridgehead atoms. The quantitative estimate of drug-likeness (QED) is 0.759. The average Bonchev–Trinajstić information content (AvgIpc) is 2.99. The zero-order chi connectivity index (χ0) is 14.1. The monoisotopic (exact) mass is 303 g/mol. The van der Waals surface area contributed by atoms with E-state index in [0.717, 1.165) is 15.0 Å². The lowest BCUT2D eigenvalue weighted by molar-refractivity contribution is 0.103. The molecule has 0 saturated carbocycles. The van der Waals surface area contributed by atoms with Gasteiger partial charge in [-0.25, -0.2) is 0 Å². The van der Waals surface area contributed by atoms with Crippen LogP contribution in [0.25, 0.3) is 9.40 Å². The second-order valence-corrected chi connectivity index (χ2v) is 6.51. The topological polar surface area (TPSA) is 49.3 Å². The van der Waals surface area contributed by atoms with Crippen molar-refractivity contribution in [3.63, 3.8) is 0 Å². The molecular weight excluding hydrogens is 290 g/mol. The number of carbonyl (C=O) groups excluding carboxylic acids is 1. The van der Waals surface area contributed by atoms with E-state index in [2.05, 4.69) is 5.32 Å². The molecule has 3 rings (SSSR count). The van der Waals surface area contributed by atoms with Gasteiger partial charge in [0.25, 0.3) is 5.91 Å². The van der Waals surface area contributed by atoms with Crippen LogP contribution in [-0.2, 0) is 0 Å². The number of benzene rings is 1. The first-order valence-corrected chi connectivity index (χ1v) is 7.90. The number of aliphatic hydroxyl groups excluding tert-OH is 1. The molecule has 1 aromatic carbocycles. The van der Waals surface area contributed by atoms with Crippen LogP contribution in [0.1, 0.15) is 28.3 Å². The third-order valence-corrected chi connectivity index (χ3v) is 5.11. The molecule has 102 valence electrons. The average molecular weight is 303 g/mol. The van der Waals surface area contributed by atoms with Gasteiger partial charge in [0.15, 0.2) is 0 Å². The van der Waals surface area contributed by atoms with Gasteiger partial charge in [0.2, 0.25) is 0 Å². The molecule has 3 aromatic rings. The Labute approximate surface area is 124 Å². The molecule has 0 fully saturated rings. The highest BCUT2D eigenvalue weighted by atomic mass is 32.1. The molecule has 0 aliphatic rings. The second-order valence-electron chi connectivity index (χ2n) is 4.48. The Morgan fingerprint density at radius 1 is 1.25 bits per heavy atom. The first-order chi connectivity index (χ1) is 9.65. The van der Waals surface area contributed by atoms with Gasteiger partial charge in [0.1, 0.15) is 0 Å². The summed E-state index contributed by atoms with van der Waals surface area (Å²) in [4.78, 5) is 13.0. The lowest BCUT2D eigenvalue weighted by atomic mass is 10.1. The van der Waals surface area contributed by atoms with E-state index in [1.165, 1.54) is 11.3 Å². The van der Waals surface area contributed by atoms with Gasteiger partial charge in [-0.15, -0.1) is 22.7 Å². The van der Waals surface area contributed by atoms with Crippen molar-refractivity contribution in [3.05, 3.63) is 52.2 Å². The van der Waals surface area contributed by atoms with Crippen LogP contribution in [0.15, 0.2) is 41.8 Å².